The van der Waals surface area contributed by atoms with E-state index in [0.717, 1.165) is 26.1 Å². The van der Waals surface area contributed by atoms with E-state index in [2.05, 4.69) is 70.7 Å². The Labute approximate surface area is 131 Å². The van der Waals surface area contributed by atoms with Crippen molar-refractivity contribution in [2.24, 2.45) is 0 Å². The van der Waals surface area contributed by atoms with E-state index in [1.165, 1.54) is 27.8 Å². The van der Waals surface area contributed by atoms with Crippen LogP contribution in [-0.4, -0.2) is 16.4 Å². The lowest BCUT2D eigenvalue weighted by Crippen LogP contribution is -2.29. The van der Waals surface area contributed by atoms with Crippen LogP contribution in [0.2, 0.25) is 0 Å². The highest BCUT2D eigenvalue weighted by Gasteiger charge is 2.17. The summed E-state index contributed by atoms with van der Waals surface area (Å²) in [7, 11) is 0. The molecule has 1 aliphatic rings. The van der Waals surface area contributed by atoms with Crippen molar-refractivity contribution in [1.29, 1.82) is 0 Å². The van der Waals surface area contributed by atoms with Gasteiger partial charge < -0.3 is 4.98 Å². The maximum absolute atomic E-state index is 3.14. The molecule has 0 radical (unpaired) electrons. The van der Waals surface area contributed by atoms with Crippen LogP contribution < -0.4 is 0 Å². The predicted octanol–water partition coefficient (Wildman–Crippen LogP) is 4.24. The number of hydrogen-bond donors (Lipinski definition) is 1. The molecule has 0 fully saturated rings. The molecule has 2 nitrogen and oxygen atoms in total. The Hall–Kier alpha value is -2.32. The van der Waals surface area contributed by atoms with Crippen molar-refractivity contribution in [1.82, 2.24) is 9.88 Å². The molecular formula is C20H20N2. The van der Waals surface area contributed by atoms with Gasteiger partial charge in [-0.15, -0.1) is 0 Å². The quantitative estimate of drug-likeness (QED) is 0.763. The van der Waals surface area contributed by atoms with Gasteiger partial charge in [0, 0.05) is 32.0 Å². The van der Waals surface area contributed by atoms with Crippen LogP contribution in [0.1, 0.15) is 16.7 Å². The van der Waals surface area contributed by atoms with E-state index in [-0.39, 0.29) is 0 Å². The first-order valence-electron chi connectivity index (χ1n) is 7.90. The topological polar surface area (TPSA) is 19.0 Å². The van der Waals surface area contributed by atoms with Crippen molar-refractivity contribution in [3.05, 3.63) is 83.7 Å². The van der Waals surface area contributed by atoms with Gasteiger partial charge in [-0.1, -0.05) is 42.5 Å². The van der Waals surface area contributed by atoms with Crippen LogP contribution in [0.4, 0.5) is 0 Å². The Bertz CT molecular complexity index is 745. The number of nitrogens with one attached hydrogen (secondary N) is 1. The van der Waals surface area contributed by atoms with Crippen LogP contribution >= 0.6 is 0 Å². The van der Waals surface area contributed by atoms with Gasteiger partial charge in [0.1, 0.15) is 0 Å². The normalized spacial score (nSPS) is 14.7. The maximum Gasteiger partial charge on any atom is 0.0252 e. The molecule has 0 spiro atoms. The van der Waals surface area contributed by atoms with Gasteiger partial charge in [0.05, 0.1) is 0 Å². The summed E-state index contributed by atoms with van der Waals surface area (Å²) in [4.78, 5) is 5.67. The number of nitrogens with zero attached hydrogens (tertiary/aromatic N) is 1. The van der Waals surface area contributed by atoms with Gasteiger partial charge >= 0.3 is 0 Å². The fourth-order valence-corrected chi connectivity index (χ4v) is 3.28. The number of aromatic amines is 1. The molecule has 1 aromatic heterocycles. The van der Waals surface area contributed by atoms with Crippen molar-refractivity contribution in [2.45, 2.75) is 19.5 Å². The second-order valence-corrected chi connectivity index (χ2v) is 6.03. The van der Waals surface area contributed by atoms with Gasteiger partial charge in [-0.25, -0.2) is 0 Å². The summed E-state index contributed by atoms with van der Waals surface area (Å²) in [6.45, 7) is 3.21. The first kappa shape index (κ1) is 13.4. The van der Waals surface area contributed by atoms with E-state index < -0.39 is 0 Å². The number of rotatable bonds is 3. The molecule has 0 bridgehead atoms. The molecule has 2 heteroatoms. The molecule has 0 atom stereocenters. The van der Waals surface area contributed by atoms with Crippen LogP contribution in [-0.2, 0) is 19.5 Å². The number of benzene rings is 2. The zero-order valence-corrected chi connectivity index (χ0v) is 12.6. The summed E-state index contributed by atoms with van der Waals surface area (Å²) in [5.41, 5.74) is 6.96. The molecule has 0 amide bonds. The van der Waals surface area contributed by atoms with Gasteiger partial charge in [-0.2, -0.15) is 0 Å². The van der Waals surface area contributed by atoms with Crippen LogP contribution in [0.3, 0.4) is 0 Å². The summed E-state index contributed by atoms with van der Waals surface area (Å²) in [6, 6.07) is 19.7. The standard InChI is InChI=1S/C20H20N2/c1-2-4-17(5-3-1)19-7-6-18-9-11-22(15-20(18)12-19)14-16-8-10-21-13-16/h1-8,10,12-13,21H,9,11,14-15H2. The second-order valence-electron chi connectivity index (χ2n) is 6.03. The Morgan fingerprint density at radius 3 is 2.64 bits per heavy atom. The lowest BCUT2D eigenvalue weighted by Gasteiger charge is -2.29. The van der Waals surface area contributed by atoms with Crippen molar-refractivity contribution in [2.75, 3.05) is 6.54 Å². The van der Waals surface area contributed by atoms with Crippen LogP contribution in [0.15, 0.2) is 67.0 Å². The van der Waals surface area contributed by atoms with Crippen LogP contribution in [0, 0.1) is 0 Å². The number of hydrogen-bond acceptors (Lipinski definition) is 1. The number of aromatic nitrogens is 1. The monoisotopic (exact) mass is 288 g/mol. The predicted molar refractivity (Wildman–Crippen MR) is 90.5 cm³/mol. The lowest BCUT2D eigenvalue weighted by molar-refractivity contribution is 0.246. The van der Waals surface area contributed by atoms with E-state index in [0.29, 0.717) is 0 Å². The van der Waals surface area contributed by atoms with Gasteiger partial charge in [-0.05, 0) is 46.4 Å². The molecule has 1 N–H and O–H groups in total. The summed E-state index contributed by atoms with van der Waals surface area (Å²) >= 11 is 0. The lowest BCUT2D eigenvalue weighted by atomic mass is 9.94. The van der Waals surface area contributed by atoms with Gasteiger partial charge in [0.2, 0.25) is 0 Å². The minimum Gasteiger partial charge on any atom is -0.367 e. The summed E-state index contributed by atoms with van der Waals surface area (Å²) in [6.07, 6.45) is 5.24. The molecule has 0 saturated heterocycles. The second kappa shape index (κ2) is 5.82. The Balaban J connectivity index is 1.58. The highest BCUT2D eigenvalue weighted by atomic mass is 15.1. The third-order valence-electron chi connectivity index (χ3n) is 4.47. The molecule has 0 unspecified atom stereocenters. The molecular weight excluding hydrogens is 268 g/mol. The van der Waals surface area contributed by atoms with Crippen molar-refractivity contribution in [3.63, 3.8) is 0 Å². The van der Waals surface area contributed by atoms with E-state index in [9.17, 15) is 0 Å². The molecule has 3 aromatic rings. The zero-order chi connectivity index (χ0) is 14.8. The van der Waals surface area contributed by atoms with Crippen molar-refractivity contribution in [3.8, 4) is 11.1 Å². The molecule has 110 valence electrons. The fraction of sp³-hybridized carbons (Fsp3) is 0.200. The van der Waals surface area contributed by atoms with E-state index in [4.69, 9.17) is 0 Å². The summed E-state index contributed by atoms with van der Waals surface area (Å²) < 4.78 is 0. The first-order valence-corrected chi connectivity index (χ1v) is 7.90. The fourth-order valence-electron chi connectivity index (χ4n) is 3.28. The summed E-state index contributed by atoms with van der Waals surface area (Å²) in [5, 5.41) is 0. The molecule has 0 saturated carbocycles. The highest BCUT2D eigenvalue weighted by molar-refractivity contribution is 5.65. The maximum atomic E-state index is 3.14. The van der Waals surface area contributed by atoms with Crippen molar-refractivity contribution < 1.29 is 0 Å². The van der Waals surface area contributed by atoms with E-state index >= 15 is 0 Å². The largest absolute Gasteiger partial charge is 0.367 e. The Morgan fingerprint density at radius 2 is 1.82 bits per heavy atom. The minimum atomic E-state index is 1.03. The average Bonchev–Trinajstić information content (AvgIpc) is 3.08. The van der Waals surface area contributed by atoms with E-state index in [1.807, 2.05) is 6.20 Å². The molecule has 1 aliphatic heterocycles. The number of fused-ring (bicyclic) bond motifs is 1. The van der Waals surface area contributed by atoms with Crippen LogP contribution in [0.5, 0.6) is 0 Å². The molecule has 0 aliphatic carbocycles. The summed E-state index contributed by atoms with van der Waals surface area (Å²) in [5.74, 6) is 0. The highest BCUT2D eigenvalue weighted by Crippen LogP contribution is 2.26. The Kier molecular flexibility index (Phi) is 3.53. The SMILES string of the molecule is c1ccc(-c2ccc3c(c2)CN(Cc2cc[nH]c2)CC3)cc1. The van der Waals surface area contributed by atoms with Gasteiger partial charge in [-0.3, -0.25) is 4.90 Å². The number of H-pyrrole nitrogens is 1. The van der Waals surface area contributed by atoms with E-state index in [1.54, 1.807) is 0 Å². The molecule has 2 heterocycles. The van der Waals surface area contributed by atoms with Gasteiger partial charge in [0.25, 0.3) is 0 Å². The third-order valence-corrected chi connectivity index (χ3v) is 4.47. The zero-order valence-electron chi connectivity index (χ0n) is 12.6. The minimum absolute atomic E-state index is 1.03. The van der Waals surface area contributed by atoms with Crippen molar-refractivity contribution >= 4 is 0 Å². The molecule has 22 heavy (non-hydrogen) atoms. The van der Waals surface area contributed by atoms with Crippen LogP contribution in [0.25, 0.3) is 11.1 Å². The average molecular weight is 288 g/mol. The Morgan fingerprint density at radius 1 is 0.909 bits per heavy atom. The first-order chi connectivity index (χ1) is 10.9. The molecule has 4 rings (SSSR count). The third kappa shape index (κ3) is 2.70. The molecule has 2 aromatic carbocycles. The van der Waals surface area contributed by atoms with Gasteiger partial charge in [0.15, 0.2) is 0 Å². The smallest absolute Gasteiger partial charge is 0.0252 e.